The molecule has 0 saturated heterocycles. The summed E-state index contributed by atoms with van der Waals surface area (Å²) in [6, 6.07) is 16.0. The SMILES string of the molecule is Cc1ccc(Nc2ccc(NCCNS(=O)(=O)c3cccc4cccnc34)nn2)nc1. The Bertz CT molecular complexity index is 1270. The van der Waals surface area contributed by atoms with E-state index in [1.165, 1.54) is 0 Å². The molecule has 0 saturated carbocycles. The van der Waals surface area contributed by atoms with Crippen molar-refractivity contribution in [2.24, 2.45) is 0 Å². The van der Waals surface area contributed by atoms with Crippen LogP contribution in [-0.2, 0) is 10.0 Å². The first-order chi connectivity index (χ1) is 15.0. The third-order valence-electron chi connectivity index (χ3n) is 4.44. The summed E-state index contributed by atoms with van der Waals surface area (Å²) < 4.78 is 27.9. The second-order valence-electron chi connectivity index (χ2n) is 6.81. The van der Waals surface area contributed by atoms with Crippen LogP contribution in [0, 0.1) is 6.92 Å². The number of fused-ring (bicyclic) bond motifs is 1. The maximum atomic E-state index is 12.7. The fourth-order valence-corrected chi connectivity index (χ4v) is 4.12. The largest absolute Gasteiger partial charge is 0.367 e. The zero-order valence-electron chi connectivity index (χ0n) is 16.8. The number of benzene rings is 1. The van der Waals surface area contributed by atoms with Gasteiger partial charge >= 0.3 is 0 Å². The van der Waals surface area contributed by atoms with Crippen molar-refractivity contribution in [2.45, 2.75) is 11.8 Å². The molecule has 0 aliphatic carbocycles. The molecule has 0 bridgehead atoms. The summed E-state index contributed by atoms with van der Waals surface area (Å²) in [5.41, 5.74) is 1.52. The number of hydrogen-bond acceptors (Lipinski definition) is 8. The molecule has 158 valence electrons. The number of hydrogen-bond donors (Lipinski definition) is 3. The lowest BCUT2D eigenvalue weighted by atomic mass is 10.2. The summed E-state index contributed by atoms with van der Waals surface area (Å²) >= 11 is 0. The standard InChI is InChI=1S/C21H21N7O2S/c1-15-7-8-18(24-14-15)26-20-10-9-19(27-28-20)22-12-13-25-31(29,30)17-6-2-4-16-5-3-11-23-21(16)17/h2-11,14,25H,12-13H2,1H3,(H,22,27)(H,24,26,28). The van der Waals surface area contributed by atoms with Crippen LogP contribution in [0.2, 0.25) is 0 Å². The second kappa shape index (κ2) is 9.02. The predicted molar refractivity (Wildman–Crippen MR) is 120 cm³/mol. The van der Waals surface area contributed by atoms with Gasteiger partial charge in [0.05, 0.1) is 5.52 Å². The number of aryl methyl sites for hydroxylation is 1. The molecule has 0 aliphatic rings. The molecule has 3 N–H and O–H groups in total. The Kier molecular flexibility index (Phi) is 6.01. The normalized spacial score (nSPS) is 11.4. The van der Waals surface area contributed by atoms with Crippen molar-refractivity contribution in [3.63, 3.8) is 0 Å². The molecule has 3 aromatic heterocycles. The van der Waals surface area contributed by atoms with E-state index in [9.17, 15) is 8.42 Å². The molecular weight excluding hydrogens is 414 g/mol. The average molecular weight is 436 g/mol. The van der Waals surface area contributed by atoms with Gasteiger partial charge in [-0.2, -0.15) is 0 Å². The van der Waals surface area contributed by atoms with Crippen LogP contribution in [0.5, 0.6) is 0 Å². The molecule has 0 spiro atoms. The van der Waals surface area contributed by atoms with Gasteiger partial charge in [-0.1, -0.05) is 24.3 Å². The molecular formula is C21H21N7O2S. The van der Waals surface area contributed by atoms with E-state index in [0.29, 0.717) is 29.5 Å². The summed E-state index contributed by atoms with van der Waals surface area (Å²) in [7, 11) is -3.69. The van der Waals surface area contributed by atoms with Crippen LogP contribution in [-0.4, -0.2) is 41.7 Å². The highest BCUT2D eigenvalue weighted by Gasteiger charge is 2.17. The Morgan fingerprint density at radius 3 is 2.39 bits per heavy atom. The summed E-state index contributed by atoms with van der Waals surface area (Å²) in [6.07, 6.45) is 3.34. The average Bonchev–Trinajstić information content (AvgIpc) is 2.79. The molecule has 1 aromatic carbocycles. The number of nitrogens with one attached hydrogen (secondary N) is 3. The second-order valence-corrected chi connectivity index (χ2v) is 8.54. The van der Waals surface area contributed by atoms with E-state index in [0.717, 1.165) is 10.9 Å². The molecule has 0 aliphatic heterocycles. The van der Waals surface area contributed by atoms with Crippen molar-refractivity contribution < 1.29 is 8.42 Å². The van der Waals surface area contributed by atoms with Gasteiger partial charge in [-0.3, -0.25) is 4.98 Å². The van der Waals surface area contributed by atoms with Crippen molar-refractivity contribution >= 4 is 38.4 Å². The molecule has 4 rings (SSSR count). The highest BCUT2D eigenvalue weighted by molar-refractivity contribution is 7.89. The lowest BCUT2D eigenvalue weighted by Crippen LogP contribution is -2.29. The van der Waals surface area contributed by atoms with E-state index < -0.39 is 10.0 Å². The molecule has 10 heteroatoms. The highest BCUT2D eigenvalue weighted by atomic mass is 32.2. The number of rotatable bonds is 8. The van der Waals surface area contributed by atoms with E-state index in [-0.39, 0.29) is 11.4 Å². The molecule has 4 aromatic rings. The summed E-state index contributed by atoms with van der Waals surface area (Å²) in [6.45, 7) is 2.50. The van der Waals surface area contributed by atoms with Crippen LogP contribution in [0.15, 0.2) is 71.9 Å². The van der Waals surface area contributed by atoms with Gasteiger partial charge in [0, 0.05) is 30.9 Å². The molecule has 0 atom stereocenters. The van der Waals surface area contributed by atoms with Gasteiger partial charge in [-0.25, -0.2) is 18.1 Å². The minimum atomic E-state index is -3.69. The summed E-state index contributed by atoms with van der Waals surface area (Å²) in [4.78, 5) is 8.62. The van der Waals surface area contributed by atoms with Crippen molar-refractivity contribution in [2.75, 3.05) is 23.7 Å². The first-order valence-corrected chi connectivity index (χ1v) is 11.1. The van der Waals surface area contributed by atoms with Crippen LogP contribution in [0.1, 0.15) is 5.56 Å². The van der Waals surface area contributed by atoms with Gasteiger partial charge in [0.25, 0.3) is 0 Å². The van der Waals surface area contributed by atoms with Crippen LogP contribution < -0.4 is 15.4 Å². The molecule has 3 heterocycles. The van der Waals surface area contributed by atoms with Gasteiger partial charge in [0.2, 0.25) is 10.0 Å². The molecule has 0 unspecified atom stereocenters. The minimum absolute atomic E-state index is 0.158. The van der Waals surface area contributed by atoms with E-state index in [4.69, 9.17) is 0 Å². The third-order valence-corrected chi connectivity index (χ3v) is 5.93. The smallest absolute Gasteiger partial charge is 0.242 e. The van der Waals surface area contributed by atoms with Gasteiger partial charge < -0.3 is 10.6 Å². The van der Waals surface area contributed by atoms with E-state index in [2.05, 4.69) is 35.5 Å². The van der Waals surface area contributed by atoms with Crippen molar-refractivity contribution in [1.82, 2.24) is 24.9 Å². The number of para-hydroxylation sites is 1. The number of sulfonamides is 1. The molecule has 0 amide bonds. The lowest BCUT2D eigenvalue weighted by Gasteiger charge is -2.10. The Morgan fingerprint density at radius 2 is 1.61 bits per heavy atom. The lowest BCUT2D eigenvalue weighted by molar-refractivity contribution is 0.583. The van der Waals surface area contributed by atoms with Crippen molar-refractivity contribution in [3.05, 3.63) is 72.6 Å². The molecule has 0 fully saturated rings. The minimum Gasteiger partial charge on any atom is -0.367 e. The number of nitrogens with zero attached hydrogens (tertiary/aromatic N) is 4. The fourth-order valence-electron chi connectivity index (χ4n) is 2.91. The Morgan fingerprint density at radius 1 is 0.839 bits per heavy atom. The summed E-state index contributed by atoms with van der Waals surface area (Å²) in [5.74, 6) is 1.78. The molecule has 31 heavy (non-hydrogen) atoms. The zero-order valence-corrected chi connectivity index (χ0v) is 17.6. The highest BCUT2D eigenvalue weighted by Crippen LogP contribution is 2.20. The topological polar surface area (TPSA) is 122 Å². The monoisotopic (exact) mass is 435 g/mol. The zero-order chi connectivity index (χ0) is 21.7. The first kappa shape index (κ1) is 20.6. The Hall–Kier alpha value is -3.63. The van der Waals surface area contributed by atoms with Crippen LogP contribution in [0.25, 0.3) is 10.9 Å². The predicted octanol–water partition coefficient (Wildman–Crippen LogP) is 2.86. The van der Waals surface area contributed by atoms with E-state index in [1.807, 2.05) is 31.2 Å². The number of anilines is 3. The molecule has 9 nitrogen and oxygen atoms in total. The van der Waals surface area contributed by atoms with Crippen LogP contribution >= 0.6 is 0 Å². The van der Waals surface area contributed by atoms with Crippen molar-refractivity contribution in [3.8, 4) is 0 Å². The van der Waals surface area contributed by atoms with Crippen LogP contribution in [0.3, 0.4) is 0 Å². The van der Waals surface area contributed by atoms with Crippen LogP contribution in [0.4, 0.5) is 17.5 Å². The Labute approximate surface area is 180 Å². The summed E-state index contributed by atoms with van der Waals surface area (Å²) in [5, 5.41) is 15.1. The number of aromatic nitrogens is 4. The quantitative estimate of drug-likeness (QED) is 0.361. The molecule has 0 radical (unpaired) electrons. The van der Waals surface area contributed by atoms with Gasteiger partial charge in [-0.05, 0) is 42.8 Å². The van der Waals surface area contributed by atoms with Gasteiger partial charge in [0.15, 0.2) is 5.82 Å². The third kappa shape index (κ3) is 5.11. The van der Waals surface area contributed by atoms with E-state index >= 15 is 0 Å². The Balaban J connectivity index is 1.31. The van der Waals surface area contributed by atoms with Gasteiger partial charge in [-0.15, -0.1) is 10.2 Å². The first-order valence-electron chi connectivity index (χ1n) is 9.62. The maximum absolute atomic E-state index is 12.7. The maximum Gasteiger partial charge on any atom is 0.242 e. The van der Waals surface area contributed by atoms with Gasteiger partial charge in [0.1, 0.15) is 16.5 Å². The van der Waals surface area contributed by atoms with Crippen molar-refractivity contribution in [1.29, 1.82) is 0 Å². The van der Waals surface area contributed by atoms with E-state index in [1.54, 1.807) is 42.7 Å². The fraction of sp³-hybridized carbons (Fsp3) is 0.143. The number of pyridine rings is 2.